The van der Waals surface area contributed by atoms with E-state index in [0.29, 0.717) is 0 Å². The maximum absolute atomic E-state index is 12.7. The minimum absolute atomic E-state index is 0.201. The number of thioether (sulfide) groups is 1. The third kappa shape index (κ3) is 3.00. The lowest BCUT2D eigenvalue weighted by Gasteiger charge is -2.02. The van der Waals surface area contributed by atoms with Gasteiger partial charge in [0.05, 0.1) is 0 Å². The predicted molar refractivity (Wildman–Crippen MR) is 66.8 cm³/mol. The van der Waals surface area contributed by atoms with Gasteiger partial charge in [-0.3, -0.25) is 0 Å². The van der Waals surface area contributed by atoms with Gasteiger partial charge in [0, 0.05) is 16.3 Å². The highest BCUT2D eigenvalue weighted by Gasteiger charge is 1.97. The first kappa shape index (κ1) is 11.0. The molecule has 3 heteroatoms. The molecule has 2 N–H and O–H groups in total. The Morgan fingerprint density at radius 1 is 1.06 bits per heavy atom. The molecule has 0 aliphatic rings. The Bertz CT molecular complexity index is 468. The van der Waals surface area contributed by atoms with Crippen molar-refractivity contribution in [2.45, 2.75) is 10.6 Å². The molecule has 0 atom stereocenters. The van der Waals surface area contributed by atoms with Crippen molar-refractivity contribution in [3.63, 3.8) is 0 Å². The van der Waals surface area contributed by atoms with E-state index in [4.69, 9.17) is 5.73 Å². The highest BCUT2D eigenvalue weighted by Crippen LogP contribution is 2.23. The van der Waals surface area contributed by atoms with E-state index in [0.717, 1.165) is 16.3 Å². The molecule has 0 bridgehead atoms. The summed E-state index contributed by atoms with van der Waals surface area (Å²) in [5.74, 6) is 0.643. The van der Waals surface area contributed by atoms with E-state index >= 15 is 0 Å². The van der Waals surface area contributed by atoms with Gasteiger partial charge in [0.2, 0.25) is 0 Å². The Labute approximate surface area is 98.5 Å². The van der Waals surface area contributed by atoms with Gasteiger partial charge in [0.25, 0.3) is 0 Å². The summed E-state index contributed by atoms with van der Waals surface area (Å²) >= 11 is 1.67. The Kier molecular flexibility index (Phi) is 3.47. The highest BCUT2D eigenvalue weighted by atomic mass is 32.2. The van der Waals surface area contributed by atoms with Gasteiger partial charge in [-0.1, -0.05) is 12.1 Å². The lowest BCUT2D eigenvalue weighted by Crippen LogP contribution is -1.86. The van der Waals surface area contributed by atoms with Crippen molar-refractivity contribution in [1.29, 1.82) is 0 Å². The third-order valence-corrected chi connectivity index (χ3v) is 3.25. The van der Waals surface area contributed by atoms with Crippen LogP contribution in [0.3, 0.4) is 0 Å². The molecule has 0 aliphatic carbocycles. The lowest BCUT2D eigenvalue weighted by atomic mass is 10.2. The van der Waals surface area contributed by atoms with Crippen LogP contribution in [0.25, 0.3) is 0 Å². The zero-order valence-electron chi connectivity index (χ0n) is 8.69. The van der Waals surface area contributed by atoms with Crippen molar-refractivity contribution < 1.29 is 4.39 Å². The Morgan fingerprint density at radius 2 is 1.81 bits per heavy atom. The summed E-state index contributed by atoms with van der Waals surface area (Å²) in [6.45, 7) is 0. The van der Waals surface area contributed by atoms with Crippen LogP contribution < -0.4 is 5.73 Å². The molecule has 0 heterocycles. The van der Waals surface area contributed by atoms with Gasteiger partial charge >= 0.3 is 0 Å². The number of nitrogens with two attached hydrogens (primary N) is 1. The van der Waals surface area contributed by atoms with Crippen molar-refractivity contribution in [1.82, 2.24) is 0 Å². The molecule has 0 unspecified atom stereocenters. The molecule has 0 aromatic heterocycles. The van der Waals surface area contributed by atoms with Crippen LogP contribution in [-0.4, -0.2) is 0 Å². The smallest absolute Gasteiger partial charge is 0.123 e. The average molecular weight is 233 g/mol. The van der Waals surface area contributed by atoms with Crippen LogP contribution >= 0.6 is 11.8 Å². The molecule has 1 nitrogen and oxygen atoms in total. The summed E-state index contributed by atoms with van der Waals surface area (Å²) in [5.41, 5.74) is 7.64. The Morgan fingerprint density at radius 3 is 2.50 bits per heavy atom. The normalized spacial score (nSPS) is 10.3. The summed E-state index contributed by atoms with van der Waals surface area (Å²) in [7, 11) is 0. The van der Waals surface area contributed by atoms with E-state index in [9.17, 15) is 4.39 Å². The molecule has 0 fully saturated rings. The van der Waals surface area contributed by atoms with Crippen LogP contribution in [0.4, 0.5) is 10.1 Å². The quantitative estimate of drug-likeness (QED) is 0.646. The van der Waals surface area contributed by atoms with Crippen LogP contribution in [0.1, 0.15) is 5.56 Å². The first-order valence-corrected chi connectivity index (χ1v) is 5.95. The summed E-state index contributed by atoms with van der Waals surface area (Å²) < 4.78 is 12.7. The zero-order chi connectivity index (χ0) is 11.4. The molecule has 2 aromatic carbocycles. The van der Waals surface area contributed by atoms with Gasteiger partial charge in [-0.2, -0.15) is 0 Å². The monoisotopic (exact) mass is 233 g/mol. The van der Waals surface area contributed by atoms with Gasteiger partial charge in [-0.15, -0.1) is 11.8 Å². The SMILES string of the molecule is Nc1cccc(CSc2ccc(F)cc2)c1. The van der Waals surface area contributed by atoms with Gasteiger partial charge in [0.15, 0.2) is 0 Å². The van der Waals surface area contributed by atoms with Crippen LogP contribution in [0.2, 0.25) is 0 Å². The molecule has 2 aromatic rings. The molecule has 0 amide bonds. The second-order valence-corrected chi connectivity index (χ2v) is 4.54. The van der Waals surface area contributed by atoms with Crippen LogP contribution in [0, 0.1) is 5.82 Å². The van der Waals surface area contributed by atoms with Crippen molar-refractivity contribution in [3.05, 3.63) is 59.9 Å². The third-order valence-electron chi connectivity index (χ3n) is 2.17. The number of hydrogen-bond donors (Lipinski definition) is 1. The molecule has 0 radical (unpaired) electrons. The molecular weight excluding hydrogens is 221 g/mol. The van der Waals surface area contributed by atoms with Gasteiger partial charge in [-0.05, 0) is 42.0 Å². The first-order valence-electron chi connectivity index (χ1n) is 4.97. The molecule has 0 spiro atoms. The molecule has 2 rings (SSSR count). The molecular formula is C13H12FNS. The maximum atomic E-state index is 12.7. The fourth-order valence-corrected chi connectivity index (χ4v) is 2.22. The van der Waals surface area contributed by atoms with E-state index in [2.05, 4.69) is 0 Å². The second-order valence-electron chi connectivity index (χ2n) is 3.49. The van der Waals surface area contributed by atoms with Crippen molar-refractivity contribution in [3.8, 4) is 0 Å². The van der Waals surface area contributed by atoms with E-state index in [-0.39, 0.29) is 5.82 Å². The fraction of sp³-hybridized carbons (Fsp3) is 0.0769. The standard InChI is InChI=1S/C13H12FNS/c14-11-4-6-13(7-5-11)16-9-10-2-1-3-12(15)8-10/h1-8H,9,15H2. The van der Waals surface area contributed by atoms with E-state index in [1.807, 2.05) is 24.3 Å². The molecule has 16 heavy (non-hydrogen) atoms. The van der Waals surface area contributed by atoms with Crippen molar-refractivity contribution in [2.24, 2.45) is 0 Å². The van der Waals surface area contributed by atoms with Crippen LogP contribution in [0.5, 0.6) is 0 Å². The van der Waals surface area contributed by atoms with Gasteiger partial charge < -0.3 is 5.73 Å². The number of hydrogen-bond acceptors (Lipinski definition) is 2. The number of benzene rings is 2. The van der Waals surface area contributed by atoms with E-state index in [1.54, 1.807) is 23.9 Å². The summed E-state index contributed by atoms with van der Waals surface area (Å²) in [4.78, 5) is 1.06. The molecule has 0 saturated carbocycles. The zero-order valence-corrected chi connectivity index (χ0v) is 9.51. The number of halogens is 1. The van der Waals surface area contributed by atoms with Crippen molar-refractivity contribution in [2.75, 3.05) is 5.73 Å². The summed E-state index contributed by atoms with van der Waals surface area (Å²) in [6.07, 6.45) is 0. The van der Waals surface area contributed by atoms with Gasteiger partial charge in [0.1, 0.15) is 5.82 Å². The Hall–Kier alpha value is -1.48. The molecule has 0 aliphatic heterocycles. The maximum Gasteiger partial charge on any atom is 0.123 e. The van der Waals surface area contributed by atoms with Crippen LogP contribution in [-0.2, 0) is 5.75 Å². The van der Waals surface area contributed by atoms with E-state index in [1.165, 1.54) is 17.7 Å². The largest absolute Gasteiger partial charge is 0.399 e. The number of nitrogen functional groups attached to an aromatic ring is 1. The fourth-order valence-electron chi connectivity index (χ4n) is 1.38. The van der Waals surface area contributed by atoms with Gasteiger partial charge in [-0.25, -0.2) is 4.39 Å². The Balaban J connectivity index is 1.99. The molecule has 0 saturated heterocycles. The minimum atomic E-state index is -0.201. The summed E-state index contributed by atoms with van der Waals surface area (Å²) in [5, 5.41) is 0. The number of anilines is 1. The van der Waals surface area contributed by atoms with Crippen molar-refractivity contribution >= 4 is 17.4 Å². The second kappa shape index (κ2) is 5.03. The topological polar surface area (TPSA) is 26.0 Å². The lowest BCUT2D eigenvalue weighted by molar-refractivity contribution is 0.626. The van der Waals surface area contributed by atoms with E-state index < -0.39 is 0 Å². The minimum Gasteiger partial charge on any atom is -0.399 e. The highest BCUT2D eigenvalue weighted by molar-refractivity contribution is 7.98. The average Bonchev–Trinajstić information content (AvgIpc) is 2.28. The summed E-state index contributed by atoms with van der Waals surface area (Å²) in [6, 6.07) is 14.3. The van der Waals surface area contributed by atoms with Crippen LogP contribution in [0.15, 0.2) is 53.4 Å². The number of rotatable bonds is 3. The molecule has 82 valence electrons. The predicted octanol–water partition coefficient (Wildman–Crippen LogP) is 3.70. The first-order chi connectivity index (χ1) is 7.74.